The Morgan fingerprint density at radius 2 is 1.50 bits per heavy atom. The zero-order valence-corrected chi connectivity index (χ0v) is 12.8. The highest BCUT2D eigenvalue weighted by Gasteiger charge is 2.03. The van der Waals surface area contributed by atoms with E-state index in [4.69, 9.17) is 0 Å². The number of unbranched alkanes of at least 4 members (excludes halogenated alkanes) is 8. The lowest BCUT2D eigenvalue weighted by atomic mass is 10.0. The van der Waals surface area contributed by atoms with Crippen molar-refractivity contribution in [3.8, 4) is 0 Å². The summed E-state index contributed by atoms with van der Waals surface area (Å²) in [6.45, 7) is 2.28. The van der Waals surface area contributed by atoms with Crippen LogP contribution in [-0.4, -0.2) is 10.2 Å². The minimum atomic E-state index is 1.10. The van der Waals surface area contributed by atoms with E-state index in [0.717, 1.165) is 11.9 Å². The molecule has 0 aliphatic carbocycles. The third kappa shape index (κ3) is 4.66. The lowest BCUT2D eigenvalue weighted by molar-refractivity contribution is 0.564. The number of H-pyrrole nitrogens is 1. The fourth-order valence-corrected chi connectivity index (χ4v) is 2.82. The van der Waals surface area contributed by atoms with E-state index < -0.39 is 0 Å². The van der Waals surface area contributed by atoms with Crippen LogP contribution >= 0.6 is 0 Å². The minimum Gasteiger partial charge on any atom is -0.281 e. The first-order valence-electron chi connectivity index (χ1n) is 8.34. The molecule has 1 aromatic carbocycles. The molecule has 0 atom stereocenters. The summed E-state index contributed by atoms with van der Waals surface area (Å²) in [6.07, 6.45) is 13.6. The SMILES string of the molecule is CCCCCCCCCCCc1[nH]nc2ccccc12. The third-order valence-electron chi connectivity index (χ3n) is 4.07. The Morgan fingerprint density at radius 3 is 2.25 bits per heavy atom. The van der Waals surface area contributed by atoms with Gasteiger partial charge in [-0.05, 0) is 18.9 Å². The van der Waals surface area contributed by atoms with Crippen LogP contribution in [0.3, 0.4) is 0 Å². The zero-order valence-electron chi connectivity index (χ0n) is 12.8. The predicted octanol–water partition coefficient (Wildman–Crippen LogP) is 5.64. The molecule has 0 aliphatic heterocycles. The van der Waals surface area contributed by atoms with Gasteiger partial charge >= 0.3 is 0 Å². The maximum atomic E-state index is 4.35. The molecule has 0 saturated carbocycles. The molecule has 1 N–H and O–H groups in total. The number of hydrogen-bond acceptors (Lipinski definition) is 1. The Hall–Kier alpha value is -1.31. The molecule has 1 heterocycles. The first-order valence-corrected chi connectivity index (χ1v) is 8.34. The number of benzene rings is 1. The molecule has 0 spiro atoms. The van der Waals surface area contributed by atoms with Crippen LogP contribution in [0.4, 0.5) is 0 Å². The highest BCUT2D eigenvalue weighted by molar-refractivity contribution is 5.81. The van der Waals surface area contributed by atoms with E-state index in [-0.39, 0.29) is 0 Å². The Balaban J connectivity index is 1.57. The summed E-state index contributed by atoms with van der Waals surface area (Å²) >= 11 is 0. The van der Waals surface area contributed by atoms with Crippen molar-refractivity contribution in [3.63, 3.8) is 0 Å². The average molecular weight is 272 g/mol. The molecule has 20 heavy (non-hydrogen) atoms. The summed E-state index contributed by atoms with van der Waals surface area (Å²) in [7, 11) is 0. The van der Waals surface area contributed by atoms with Crippen molar-refractivity contribution in [3.05, 3.63) is 30.0 Å². The number of fused-ring (bicyclic) bond motifs is 1. The molecule has 0 saturated heterocycles. The monoisotopic (exact) mass is 272 g/mol. The highest BCUT2D eigenvalue weighted by atomic mass is 15.1. The zero-order chi connectivity index (χ0) is 14.0. The van der Waals surface area contributed by atoms with Gasteiger partial charge in [0.05, 0.1) is 5.52 Å². The standard InChI is InChI=1S/C18H28N2/c1-2-3-4-5-6-7-8-9-10-14-17-16-13-11-12-15-18(16)20-19-17/h11-13,15H,2-10,14H2,1H3,(H,19,20). The van der Waals surface area contributed by atoms with Crippen molar-refractivity contribution >= 4 is 10.9 Å². The van der Waals surface area contributed by atoms with Gasteiger partial charge in [-0.25, -0.2) is 0 Å². The number of aromatic amines is 1. The van der Waals surface area contributed by atoms with Gasteiger partial charge in [-0.2, -0.15) is 5.10 Å². The van der Waals surface area contributed by atoms with Crippen LogP contribution in [0, 0.1) is 0 Å². The molecule has 0 fully saturated rings. The molecular weight excluding hydrogens is 244 g/mol. The third-order valence-corrected chi connectivity index (χ3v) is 4.07. The van der Waals surface area contributed by atoms with E-state index in [2.05, 4.69) is 35.3 Å². The average Bonchev–Trinajstić information content (AvgIpc) is 2.89. The van der Waals surface area contributed by atoms with Crippen LogP contribution in [0.15, 0.2) is 24.3 Å². The number of rotatable bonds is 10. The van der Waals surface area contributed by atoms with Gasteiger partial charge in [-0.3, -0.25) is 5.10 Å². The number of hydrogen-bond donors (Lipinski definition) is 1. The predicted molar refractivity (Wildman–Crippen MR) is 87.0 cm³/mol. The van der Waals surface area contributed by atoms with E-state index in [9.17, 15) is 0 Å². The summed E-state index contributed by atoms with van der Waals surface area (Å²) < 4.78 is 0. The second kappa shape index (κ2) is 8.78. The fraction of sp³-hybridized carbons (Fsp3) is 0.611. The molecule has 0 radical (unpaired) electrons. The summed E-state index contributed by atoms with van der Waals surface area (Å²) in [4.78, 5) is 0. The molecule has 0 aliphatic rings. The molecule has 2 heteroatoms. The molecule has 2 rings (SSSR count). The Labute approximate surface area is 123 Å². The van der Waals surface area contributed by atoms with Crippen molar-refractivity contribution in [2.45, 2.75) is 71.1 Å². The van der Waals surface area contributed by atoms with E-state index in [1.165, 1.54) is 68.9 Å². The van der Waals surface area contributed by atoms with Gasteiger partial charge in [-0.1, -0.05) is 76.5 Å². The van der Waals surface area contributed by atoms with Crippen molar-refractivity contribution in [2.24, 2.45) is 0 Å². The molecule has 1 aromatic heterocycles. The largest absolute Gasteiger partial charge is 0.281 e. The topological polar surface area (TPSA) is 28.7 Å². The van der Waals surface area contributed by atoms with Crippen LogP contribution in [0.2, 0.25) is 0 Å². The Kier molecular flexibility index (Phi) is 6.62. The van der Waals surface area contributed by atoms with E-state index in [1.807, 2.05) is 6.07 Å². The fourth-order valence-electron chi connectivity index (χ4n) is 2.82. The summed E-state index contributed by atoms with van der Waals surface area (Å²) in [5, 5.41) is 8.84. The van der Waals surface area contributed by atoms with Gasteiger partial charge in [0.15, 0.2) is 0 Å². The molecule has 2 nitrogen and oxygen atoms in total. The summed E-state index contributed by atoms with van der Waals surface area (Å²) in [5.74, 6) is 0. The Bertz CT molecular complexity index is 487. The lowest BCUT2D eigenvalue weighted by Crippen LogP contribution is -1.88. The number of aryl methyl sites for hydroxylation is 1. The number of para-hydroxylation sites is 1. The lowest BCUT2D eigenvalue weighted by Gasteiger charge is -2.02. The van der Waals surface area contributed by atoms with Gasteiger partial charge in [0.25, 0.3) is 0 Å². The summed E-state index contributed by atoms with van der Waals surface area (Å²) in [5.41, 5.74) is 2.40. The van der Waals surface area contributed by atoms with Crippen LogP contribution in [0.25, 0.3) is 10.9 Å². The van der Waals surface area contributed by atoms with Crippen molar-refractivity contribution in [2.75, 3.05) is 0 Å². The van der Waals surface area contributed by atoms with Crippen LogP contribution in [0.5, 0.6) is 0 Å². The molecular formula is C18H28N2. The van der Waals surface area contributed by atoms with Gasteiger partial charge in [-0.15, -0.1) is 0 Å². The second-order valence-electron chi connectivity index (χ2n) is 5.80. The number of aromatic nitrogens is 2. The van der Waals surface area contributed by atoms with Crippen LogP contribution in [-0.2, 0) is 6.42 Å². The number of nitrogens with one attached hydrogen (secondary N) is 1. The highest BCUT2D eigenvalue weighted by Crippen LogP contribution is 2.18. The quantitative estimate of drug-likeness (QED) is 0.557. The van der Waals surface area contributed by atoms with Crippen molar-refractivity contribution in [1.82, 2.24) is 10.2 Å². The van der Waals surface area contributed by atoms with E-state index in [1.54, 1.807) is 0 Å². The maximum absolute atomic E-state index is 4.35. The van der Waals surface area contributed by atoms with Crippen LogP contribution in [0.1, 0.15) is 70.4 Å². The first kappa shape index (κ1) is 15.1. The molecule has 0 amide bonds. The van der Waals surface area contributed by atoms with Gasteiger partial charge < -0.3 is 0 Å². The molecule has 110 valence electrons. The maximum Gasteiger partial charge on any atom is 0.0923 e. The van der Waals surface area contributed by atoms with Crippen molar-refractivity contribution in [1.29, 1.82) is 0 Å². The normalized spacial score (nSPS) is 11.2. The molecule has 0 bridgehead atoms. The summed E-state index contributed by atoms with van der Waals surface area (Å²) in [6, 6.07) is 8.39. The smallest absolute Gasteiger partial charge is 0.0923 e. The molecule has 2 aromatic rings. The number of nitrogens with zero attached hydrogens (tertiary/aromatic N) is 1. The molecule has 0 unspecified atom stereocenters. The minimum absolute atomic E-state index is 1.10. The first-order chi connectivity index (χ1) is 9.92. The van der Waals surface area contributed by atoms with Gasteiger partial charge in [0.1, 0.15) is 0 Å². The van der Waals surface area contributed by atoms with Crippen LogP contribution < -0.4 is 0 Å². The van der Waals surface area contributed by atoms with E-state index >= 15 is 0 Å². The Morgan fingerprint density at radius 1 is 0.850 bits per heavy atom. The van der Waals surface area contributed by atoms with Gasteiger partial charge in [0.2, 0.25) is 0 Å². The van der Waals surface area contributed by atoms with Crippen molar-refractivity contribution < 1.29 is 0 Å². The second-order valence-corrected chi connectivity index (χ2v) is 5.80. The van der Waals surface area contributed by atoms with Gasteiger partial charge in [0, 0.05) is 11.1 Å². The van der Waals surface area contributed by atoms with E-state index in [0.29, 0.717) is 0 Å².